The Morgan fingerprint density at radius 2 is 2.13 bits per heavy atom. The standard InChI is InChI=1S/C14H21F3N4O2/c1-23-11-3-7-20(8-4-11)9-6-18-13(22)12-2-5-19-21(12)10-14(15,16)17/h2,5,11H,3-4,6-10H2,1H3,(H,18,22). The van der Waals surface area contributed by atoms with Crippen LogP contribution in [0.25, 0.3) is 0 Å². The summed E-state index contributed by atoms with van der Waals surface area (Å²) in [6.45, 7) is 1.55. The van der Waals surface area contributed by atoms with Crippen molar-refractivity contribution in [2.24, 2.45) is 0 Å². The van der Waals surface area contributed by atoms with E-state index >= 15 is 0 Å². The van der Waals surface area contributed by atoms with Gasteiger partial charge in [0.1, 0.15) is 12.2 Å². The average molecular weight is 334 g/mol. The van der Waals surface area contributed by atoms with Crippen LogP contribution in [0.3, 0.4) is 0 Å². The number of methoxy groups -OCH3 is 1. The molecule has 1 amide bonds. The van der Waals surface area contributed by atoms with Crippen LogP contribution < -0.4 is 5.32 Å². The quantitative estimate of drug-likeness (QED) is 0.852. The third-order valence-electron chi connectivity index (χ3n) is 3.86. The molecular formula is C14H21F3N4O2. The van der Waals surface area contributed by atoms with Crippen molar-refractivity contribution in [1.82, 2.24) is 20.0 Å². The summed E-state index contributed by atoms with van der Waals surface area (Å²) < 4.78 is 43.2. The maximum atomic E-state index is 12.4. The third-order valence-corrected chi connectivity index (χ3v) is 3.86. The van der Waals surface area contributed by atoms with Gasteiger partial charge in [0.15, 0.2) is 0 Å². The summed E-state index contributed by atoms with van der Waals surface area (Å²) >= 11 is 0. The van der Waals surface area contributed by atoms with E-state index in [1.165, 1.54) is 12.3 Å². The first-order chi connectivity index (χ1) is 10.9. The number of hydrogen-bond donors (Lipinski definition) is 1. The number of nitrogens with zero attached hydrogens (tertiary/aromatic N) is 3. The van der Waals surface area contributed by atoms with Crippen LogP contribution in [0.2, 0.25) is 0 Å². The molecule has 1 fully saturated rings. The minimum absolute atomic E-state index is 0.0829. The lowest BCUT2D eigenvalue weighted by molar-refractivity contribution is -0.142. The van der Waals surface area contributed by atoms with Crippen molar-refractivity contribution in [3.63, 3.8) is 0 Å². The first-order valence-electron chi connectivity index (χ1n) is 7.51. The molecule has 1 aliphatic rings. The van der Waals surface area contributed by atoms with Crippen molar-refractivity contribution < 1.29 is 22.7 Å². The van der Waals surface area contributed by atoms with E-state index < -0.39 is 18.6 Å². The molecule has 0 saturated carbocycles. The van der Waals surface area contributed by atoms with Crippen LogP contribution in [0.1, 0.15) is 23.3 Å². The van der Waals surface area contributed by atoms with Crippen molar-refractivity contribution in [1.29, 1.82) is 0 Å². The molecule has 1 aromatic rings. The lowest BCUT2D eigenvalue weighted by atomic mass is 10.1. The Bertz CT molecular complexity index is 510. The zero-order valence-corrected chi connectivity index (χ0v) is 13.0. The van der Waals surface area contributed by atoms with E-state index in [9.17, 15) is 18.0 Å². The van der Waals surface area contributed by atoms with Crippen LogP contribution in [-0.4, -0.2) is 66.2 Å². The smallest absolute Gasteiger partial charge is 0.381 e. The number of piperidine rings is 1. The molecule has 1 saturated heterocycles. The number of amides is 1. The molecule has 6 nitrogen and oxygen atoms in total. The molecule has 0 bridgehead atoms. The lowest BCUT2D eigenvalue weighted by Crippen LogP contribution is -2.41. The van der Waals surface area contributed by atoms with E-state index in [2.05, 4.69) is 15.3 Å². The summed E-state index contributed by atoms with van der Waals surface area (Å²) in [6, 6.07) is 1.28. The lowest BCUT2D eigenvalue weighted by Gasteiger charge is -2.31. The fourth-order valence-electron chi connectivity index (χ4n) is 2.61. The van der Waals surface area contributed by atoms with Gasteiger partial charge in [0, 0.05) is 39.5 Å². The Morgan fingerprint density at radius 3 is 2.74 bits per heavy atom. The number of carbonyl (C=O) groups is 1. The molecule has 1 N–H and O–H groups in total. The third kappa shape index (κ3) is 5.51. The van der Waals surface area contributed by atoms with E-state index in [0.29, 0.717) is 17.8 Å². The molecule has 0 spiro atoms. The van der Waals surface area contributed by atoms with Gasteiger partial charge in [-0.25, -0.2) is 0 Å². The highest BCUT2D eigenvalue weighted by atomic mass is 19.4. The second-order valence-electron chi connectivity index (χ2n) is 5.52. The Morgan fingerprint density at radius 1 is 1.43 bits per heavy atom. The highest BCUT2D eigenvalue weighted by Crippen LogP contribution is 2.18. The summed E-state index contributed by atoms with van der Waals surface area (Å²) in [7, 11) is 1.70. The van der Waals surface area contributed by atoms with Gasteiger partial charge < -0.3 is 15.0 Å². The van der Waals surface area contributed by atoms with Crippen LogP contribution in [-0.2, 0) is 11.3 Å². The van der Waals surface area contributed by atoms with E-state index in [0.717, 1.165) is 25.9 Å². The minimum Gasteiger partial charge on any atom is -0.381 e. The zero-order chi connectivity index (χ0) is 16.9. The van der Waals surface area contributed by atoms with Crippen molar-refractivity contribution >= 4 is 5.91 Å². The number of aromatic nitrogens is 2. The van der Waals surface area contributed by atoms with Crippen molar-refractivity contribution in [3.8, 4) is 0 Å². The molecule has 2 heterocycles. The number of ether oxygens (including phenoxy) is 1. The SMILES string of the molecule is COC1CCN(CCNC(=O)c2ccnn2CC(F)(F)F)CC1. The average Bonchev–Trinajstić information content (AvgIpc) is 2.94. The van der Waals surface area contributed by atoms with Gasteiger partial charge in [0.2, 0.25) is 0 Å². The summed E-state index contributed by atoms with van der Waals surface area (Å²) in [4.78, 5) is 14.2. The summed E-state index contributed by atoms with van der Waals surface area (Å²) in [6.07, 6.45) is -1.04. The first-order valence-corrected chi connectivity index (χ1v) is 7.51. The Balaban J connectivity index is 1.76. The maximum absolute atomic E-state index is 12.4. The molecular weight excluding hydrogens is 313 g/mol. The normalized spacial score (nSPS) is 17.4. The predicted octanol–water partition coefficient (Wildman–Crippen LogP) is 1.29. The van der Waals surface area contributed by atoms with Crippen LogP contribution in [0.15, 0.2) is 12.3 Å². The summed E-state index contributed by atoms with van der Waals surface area (Å²) in [5, 5.41) is 6.19. The number of likely N-dealkylation sites (tertiary alicyclic amines) is 1. The Labute approximate surface area is 132 Å². The van der Waals surface area contributed by atoms with Gasteiger partial charge in [-0.1, -0.05) is 0 Å². The van der Waals surface area contributed by atoms with Gasteiger partial charge in [0.25, 0.3) is 5.91 Å². The summed E-state index contributed by atoms with van der Waals surface area (Å²) in [5.74, 6) is -0.543. The van der Waals surface area contributed by atoms with Crippen LogP contribution in [0, 0.1) is 0 Å². The number of alkyl halides is 3. The number of carbonyl (C=O) groups excluding carboxylic acids is 1. The molecule has 0 aliphatic carbocycles. The number of hydrogen-bond acceptors (Lipinski definition) is 4. The maximum Gasteiger partial charge on any atom is 0.408 e. The van der Waals surface area contributed by atoms with Crippen LogP contribution in [0.5, 0.6) is 0 Å². The van der Waals surface area contributed by atoms with Gasteiger partial charge in [-0.3, -0.25) is 9.48 Å². The van der Waals surface area contributed by atoms with E-state index in [4.69, 9.17) is 4.74 Å². The number of nitrogens with one attached hydrogen (secondary N) is 1. The van der Waals surface area contributed by atoms with Crippen molar-refractivity contribution in [2.75, 3.05) is 33.3 Å². The molecule has 1 aromatic heterocycles. The molecule has 130 valence electrons. The van der Waals surface area contributed by atoms with Crippen LogP contribution >= 0.6 is 0 Å². The second-order valence-corrected chi connectivity index (χ2v) is 5.52. The highest BCUT2D eigenvalue weighted by Gasteiger charge is 2.30. The molecule has 1 aliphatic heterocycles. The van der Waals surface area contributed by atoms with Gasteiger partial charge >= 0.3 is 6.18 Å². The van der Waals surface area contributed by atoms with Gasteiger partial charge in [-0.05, 0) is 18.9 Å². The Kier molecular flexibility index (Phi) is 6.00. The van der Waals surface area contributed by atoms with Gasteiger partial charge in [-0.15, -0.1) is 0 Å². The fourth-order valence-corrected chi connectivity index (χ4v) is 2.61. The monoisotopic (exact) mass is 334 g/mol. The first kappa shape index (κ1) is 17.7. The Hall–Kier alpha value is -1.61. The second kappa shape index (κ2) is 7.78. The van der Waals surface area contributed by atoms with Gasteiger partial charge in [0.05, 0.1) is 6.10 Å². The molecule has 9 heteroatoms. The molecule has 0 aromatic carbocycles. The van der Waals surface area contributed by atoms with Crippen LogP contribution in [0.4, 0.5) is 13.2 Å². The zero-order valence-electron chi connectivity index (χ0n) is 13.0. The minimum atomic E-state index is -4.41. The highest BCUT2D eigenvalue weighted by molar-refractivity contribution is 5.92. The van der Waals surface area contributed by atoms with Crippen molar-refractivity contribution in [2.45, 2.75) is 31.7 Å². The number of halogens is 3. The molecule has 0 unspecified atom stereocenters. The molecule has 2 rings (SSSR count). The predicted molar refractivity (Wildman–Crippen MR) is 77.1 cm³/mol. The van der Waals surface area contributed by atoms with Crippen molar-refractivity contribution in [3.05, 3.63) is 18.0 Å². The van der Waals surface area contributed by atoms with E-state index in [1.807, 2.05) is 0 Å². The molecule has 0 atom stereocenters. The summed E-state index contributed by atoms with van der Waals surface area (Å²) in [5.41, 5.74) is -0.0829. The van der Waals surface area contributed by atoms with Gasteiger partial charge in [-0.2, -0.15) is 18.3 Å². The largest absolute Gasteiger partial charge is 0.408 e. The molecule has 23 heavy (non-hydrogen) atoms. The van der Waals surface area contributed by atoms with E-state index in [-0.39, 0.29) is 11.8 Å². The topological polar surface area (TPSA) is 59.4 Å². The number of rotatable bonds is 6. The molecule has 0 radical (unpaired) electrons. The fraction of sp³-hybridized carbons (Fsp3) is 0.714. The van der Waals surface area contributed by atoms with E-state index in [1.54, 1.807) is 7.11 Å².